The molecule has 0 heterocycles. The number of benzene rings is 1. The van der Waals surface area contributed by atoms with Crippen LogP contribution in [-0.2, 0) is 0 Å². The van der Waals surface area contributed by atoms with Crippen molar-refractivity contribution in [2.75, 3.05) is 14.2 Å². The summed E-state index contributed by atoms with van der Waals surface area (Å²) < 4.78 is 5.20. The van der Waals surface area contributed by atoms with E-state index in [1.165, 1.54) is 5.56 Å². The standard InChI is InChI=1S/C12H17NO/c1-5-11(13-3)10-6-7-12(14-4)9(2)8-10/h5-8,11,13H,1H2,2-4H3. The molecule has 2 heteroatoms. The van der Waals surface area contributed by atoms with Gasteiger partial charge in [-0.2, -0.15) is 0 Å². The summed E-state index contributed by atoms with van der Waals surface area (Å²) in [5.74, 6) is 0.924. The average molecular weight is 191 g/mol. The summed E-state index contributed by atoms with van der Waals surface area (Å²) in [6.45, 7) is 5.83. The molecule has 1 aromatic rings. The number of ether oxygens (including phenoxy) is 1. The largest absolute Gasteiger partial charge is 0.496 e. The second-order valence-electron chi connectivity index (χ2n) is 3.23. The normalized spacial score (nSPS) is 12.2. The molecule has 76 valence electrons. The number of methoxy groups -OCH3 is 1. The fourth-order valence-electron chi connectivity index (χ4n) is 1.52. The molecule has 14 heavy (non-hydrogen) atoms. The number of rotatable bonds is 4. The number of hydrogen-bond donors (Lipinski definition) is 1. The van der Waals surface area contributed by atoms with Gasteiger partial charge in [0.1, 0.15) is 5.75 Å². The summed E-state index contributed by atoms with van der Waals surface area (Å²) in [4.78, 5) is 0. The van der Waals surface area contributed by atoms with Crippen molar-refractivity contribution in [1.29, 1.82) is 0 Å². The molecule has 0 aliphatic carbocycles. The lowest BCUT2D eigenvalue weighted by molar-refractivity contribution is 0.411. The summed E-state index contributed by atoms with van der Waals surface area (Å²) in [6.07, 6.45) is 1.89. The van der Waals surface area contributed by atoms with Crippen molar-refractivity contribution in [3.63, 3.8) is 0 Å². The van der Waals surface area contributed by atoms with E-state index in [0.29, 0.717) is 0 Å². The van der Waals surface area contributed by atoms with Gasteiger partial charge >= 0.3 is 0 Å². The van der Waals surface area contributed by atoms with Gasteiger partial charge in [0.05, 0.1) is 13.2 Å². The van der Waals surface area contributed by atoms with Crippen LogP contribution in [0.2, 0.25) is 0 Å². The maximum Gasteiger partial charge on any atom is 0.121 e. The van der Waals surface area contributed by atoms with Crippen LogP contribution in [0.3, 0.4) is 0 Å². The Labute approximate surface area is 85.6 Å². The second kappa shape index (κ2) is 4.82. The summed E-state index contributed by atoms with van der Waals surface area (Å²) in [6, 6.07) is 6.36. The monoisotopic (exact) mass is 191 g/mol. The van der Waals surface area contributed by atoms with Crippen molar-refractivity contribution in [2.45, 2.75) is 13.0 Å². The number of hydrogen-bond acceptors (Lipinski definition) is 2. The molecular weight excluding hydrogens is 174 g/mol. The summed E-state index contributed by atoms with van der Waals surface area (Å²) >= 11 is 0. The van der Waals surface area contributed by atoms with Crippen LogP contribution in [0.5, 0.6) is 5.75 Å². The van der Waals surface area contributed by atoms with Gasteiger partial charge < -0.3 is 10.1 Å². The van der Waals surface area contributed by atoms with Crippen molar-refractivity contribution in [2.24, 2.45) is 0 Å². The molecule has 0 spiro atoms. The lowest BCUT2D eigenvalue weighted by atomic mass is 10.0. The molecule has 1 rings (SSSR count). The van der Waals surface area contributed by atoms with E-state index in [4.69, 9.17) is 4.74 Å². The fraction of sp³-hybridized carbons (Fsp3) is 0.333. The molecule has 0 amide bonds. The van der Waals surface area contributed by atoms with E-state index in [1.54, 1.807) is 7.11 Å². The van der Waals surface area contributed by atoms with Gasteiger partial charge in [-0.1, -0.05) is 18.2 Å². The van der Waals surface area contributed by atoms with Gasteiger partial charge in [0.25, 0.3) is 0 Å². The summed E-state index contributed by atoms with van der Waals surface area (Å²) in [5, 5.41) is 3.17. The molecule has 0 aliphatic heterocycles. The van der Waals surface area contributed by atoms with Gasteiger partial charge in [0.2, 0.25) is 0 Å². The molecule has 0 aliphatic rings. The van der Waals surface area contributed by atoms with E-state index in [9.17, 15) is 0 Å². The first-order valence-electron chi connectivity index (χ1n) is 4.67. The van der Waals surface area contributed by atoms with E-state index in [0.717, 1.165) is 11.3 Å². The zero-order valence-electron chi connectivity index (χ0n) is 9.00. The Morgan fingerprint density at radius 2 is 2.21 bits per heavy atom. The number of likely N-dealkylation sites (N-methyl/N-ethyl adjacent to an activating group) is 1. The minimum absolute atomic E-state index is 0.208. The smallest absolute Gasteiger partial charge is 0.121 e. The van der Waals surface area contributed by atoms with Crippen LogP contribution in [0, 0.1) is 6.92 Å². The second-order valence-corrected chi connectivity index (χ2v) is 3.23. The molecule has 0 fully saturated rings. The van der Waals surface area contributed by atoms with Gasteiger partial charge in [-0.15, -0.1) is 6.58 Å². The summed E-state index contributed by atoms with van der Waals surface area (Å²) in [7, 11) is 3.61. The van der Waals surface area contributed by atoms with Gasteiger partial charge in [-0.05, 0) is 31.2 Å². The predicted molar refractivity (Wildman–Crippen MR) is 59.7 cm³/mol. The van der Waals surface area contributed by atoms with Crippen LogP contribution in [0.4, 0.5) is 0 Å². The molecule has 1 N–H and O–H groups in total. The van der Waals surface area contributed by atoms with Crippen molar-refractivity contribution in [3.05, 3.63) is 42.0 Å². The molecule has 0 radical (unpaired) electrons. The number of nitrogens with one attached hydrogen (secondary N) is 1. The lowest BCUT2D eigenvalue weighted by Gasteiger charge is -2.13. The highest BCUT2D eigenvalue weighted by Gasteiger charge is 2.06. The Morgan fingerprint density at radius 3 is 2.64 bits per heavy atom. The Balaban J connectivity index is 3.01. The van der Waals surface area contributed by atoms with E-state index >= 15 is 0 Å². The molecule has 1 atom stereocenters. The van der Waals surface area contributed by atoms with Crippen molar-refractivity contribution >= 4 is 0 Å². The Bertz CT molecular complexity index is 320. The molecule has 0 bridgehead atoms. The zero-order valence-corrected chi connectivity index (χ0v) is 9.00. The zero-order chi connectivity index (χ0) is 10.6. The highest BCUT2D eigenvalue weighted by Crippen LogP contribution is 2.22. The molecule has 2 nitrogen and oxygen atoms in total. The van der Waals surface area contributed by atoms with Crippen LogP contribution < -0.4 is 10.1 Å². The first kappa shape index (κ1) is 10.8. The molecule has 0 aromatic heterocycles. The third-order valence-corrected chi connectivity index (χ3v) is 2.32. The molecule has 0 saturated heterocycles. The van der Waals surface area contributed by atoms with Crippen LogP contribution in [0.1, 0.15) is 17.2 Å². The maximum absolute atomic E-state index is 5.20. The Kier molecular flexibility index (Phi) is 3.72. The van der Waals surface area contributed by atoms with E-state index in [2.05, 4.69) is 24.0 Å². The van der Waals surface area contributed by atoms with Crippen molar-refractivity contribution in [1.82, 2.24) is 5.32 Å². The van der Waals surface area contributed by atoms with Crippen LogP contribution >= 0.6 is 0 Å². The van der Waals surface area contributed by atoms with Crippen LogP contribution in [0.25, 0.3) is 0 Å². The van der Waals surface area contributed by atoms with E-state index in [1.807, 2.05) is 26.1 Å². The first-order valence-corrected chi connectivity index (χ1v) is 4.67. The molecule has 1 unspecified atom stereocenters. The summed E-state index contributed by atoms with van der Waals surface area (Å²) in [5.41, 5.74) is 2.35. The predicted octanol–water partition coefficient (Wildman–Crippen LogP) is 2.45. The maximum atomic E-state index is 5.20. The third-order valence-electron chi connectivity index (χ3n) is 2.32. The molecule has 1 aromatic carbocycles. The quantitative estimate of drug-likeness (QED) is 0.738. The minimum Gasteiger partial charge on any atom is -0.496 e. The minimum atomic E-state index is 0.208. The third kappa shape index (κ3) is 2.15. The SMILES string of the molecule is C=CC(NC)c1ccc(OC)c(C)c1. The lowest BCUT2D eigenvalue weighted by Crippen LogP contribution is -2.13. The average Bonchev–Trinajstić information content (AvgIpc) is 2.20. The van der Waals surface area contributed by atoms with Gasteiger partial charge in [0, 0.05) is 0 Å². The topological polar surface area (TPSA) is 21.3 Å². The number of aryl methyl sites for hydroxylation is 1. The van der Waals surface area contributed by atoms with Gasteiger partial charge in [-0.25, -0.2) is 0 Å². The van der Waals surface area contributed by atoms with E-state index in [-0.39, 0.29) is 6.04 Å². The molecular formula is C12H17NO. The van der Waals surface area contributed by atoms with Gasteiger partial charge in [-0.3, -0.25) is 0 Å². The molecule has 0 saturated carbocycles. The van der Waals surface area contributed by atoms with Crippen molar-refractivity contribution < 1.29 is 4.74 Å². The van der Waals surface area contributed by atoms with Gasteiger partial charge in [0.15, 0.2) is 0 Å². The highest BCUT2D eigenvalue weighted by atomic mass is 16.5. The van der Waals surface area contributed by atoms with Crippen LogP contribution in [0.15, 0.2) is 30.9 Å². The Hall–Kier alpha value is -1.28. The van der Waals surface area contributed by atoms with Crippen molar-refractivity contribution in [3.8, 4) is 5.75 Å². The first-order chi connectivity index (χ1) is 6.72. The van der Waals surface area contributed by atoms with Crippen LogP contribution in [-0.4, -0.2) is 14.2 Å². The highest BCUT2D eigenvalue weighted by molar-refractivity contribution is 5.38. The Morgan fingerprint density at radius 1 is 1.50 bits per heavy atom. The fourth-order valence-corrected chi connectivity index (χ4v) is 1.52. The van der Waals surface area contributed by atoms with E-state index < -0.39 is 0 Å².